The van der Waals surface area contributed by atoms with Crippen molar-refractivity contribution < 1.29 is 14.5 Å². The number of benzene rings is 1. The summed E-state index contributed by atoms with van der Waals surface area (Å²) in [4.78, 5) is 36.8. The van der Waals surface area contributed by atoms with E-state index in [1.807, 2.05) is 4.90 Å². The molecule has 1 aromatic carbocycles. The lowest BCUT2D eigenvalue weighted by molar-refractivity contribution is -0.384. The van der Waals surface area contributed by atoms with Crippen molar-refractivity contribution in [2.24, 2.45) is 12.8 Å². The van der Waals surface area contributed by atoms with E-state index < -0.39 is 5.91 Å². The van der Waals surface area contributed by atoms with Crippen LogP contribution in [0.1, 0.15) is 46.8 Å². The van der Waals surface area contributed by atoms with Crippen LogP contribution in [-0.4, -0.2) is 39.6 Å². The Morgan fingerprint density at radius 2 is 2.17 bits per heavy atom. The predicted molar refractivity (Wildman–Crippen MR) is 106 cm³/mol. The van der Waals surface area contributed by atoms with Crippen LogP contribution in [0.3, 0.4) is 0 Å². The standard InChI is InChI=1S/C19H22N6O4/c1-23-10-13(19(20)27)18(22-23)12-3-2-6-24(9-12)15-8-14-11(4-5-17(26)21-14)7-16(15)25(28)29/h7-8,10,12H,2-6,9H2,1H3,(H2,20,27)(H,21,26)/t12-/m0/s1. The zero-order valence-corrected chi connectivity index (χ0v) is 16.1. The minimum Gasteiger partial charge on any atom is -0.365 e. The van der Waals surface area contributed by atoms with Crippen molar-refractivity contribution in [1.29, 1.82) is 0 Å². The molecule has 3 N–H and O–H groups in total. The molecule has 0 radical (unpaired) electrons. The van der Waals surface area contributed by atoms with Crippen LogP contribution in [-0.2, 0) is 18.3 Å². The number of amides is 2. The number of hydrogen-bond acceptors (Lipinski definition) is 6. The number of nitrogens with one attached hydrogen (secondary N) is 1. The van der Waals surface area contributed by atoms with E-state index in [0.717, 1.165) is 18.4 Å². The third kappa shape index (κ3) is 3.53. The highest BCUT2D eigenvalue weighted by atomic mass is 16.6. The molecule has 2 aliphatic heterocycles. The Morgan fingerprint density at radius 1 is 1.38 bits per heavy atom. The molecule has 1 atom stereocenters. The number of hydrogen-bond donors (Lipinski definition) is 2. The van der Waals surface area contributed by atoms with E-state index in [1.165, 1.54) is 0 Å². The number of carbonyl (C=O) groups is 2. The minimum absolute atomic E-state index is 0.0247. The van der Waals surface area contributed by atoms with Gasteiger partial charge < -0.3 is 16.0 Å². The third-order valence-electron chi connectivity index (χ3n) is 5.56. The van der Waals surface area contributed by atoms with Gasteiger partial charge >= 0.3 is 0 Å². The van der Waals surface area contributed by atoms with Crippen molar-refractivity contribution in [2.45, 2.75) is 31.6 Å². The van der Waals surface area contributed by atoms with Gasteiger partial charge in [0.1, 0.15) is 5.69 Å². The van der Waals surface area contributed by atoms with E-state index in [4.69, 9.17) is 5.73 Å². The zero-order valence-electron chi connectivity index (χ0n) is 16.1. The van der Waals surface area contributed by atoms with Gasteiger partial charge in [-0.1, -0.05) is 0 Å². The maximum Gasteiger partial charge on any atom is 0.292 e. The molecule has 0 saturated carbocycles. The van der Waals surface area contributed by atoms with Gasteiger partial charge in [0.05, 0.1) is 16.2 Å². The second-order valence-electron chi connectivity index (χ2n) is 7.55. The first-order valence-corrected chi connectivity index (χ1v) is 9.53. The molecule has 0 aliphatic carbocycles. The molecule has 10 heteroatoms. The van der Waals surface area contributed by atoms with Crippen LogP contribution < -0.4 is 16.0 Å². The molecule has 2 aliphatic rings. The number of aromatic nitrogens is 2. The molecule has 0 bridgehead atoms. The predicted octanol–water partition coefficient (Wildman–Crippen LogP) is 1.70. The smallest absolute Gasteiger partial charge is 0.292 e. The first kappa shape index (κ1) is 18.9. The number of rotatable bonds is 4. The van der Waals surface area contributed by atoms with Gasteiger partial charge in [-0.05, 0) is 30.9 Å². The fourth-order valence-electron chi connectivity index (χ4n) is 4.22. The first-order chi connectivity index (χ1) is 13.8. The van der Waals surface area contributed by atoms with Gasteiger partial charge in [0, 0.05) is 50.4 Å². The number of fused-ring (bicyclic) bond motifs is 1. The Morgan fingerprint density at radius 3 is 2.90 bits per heavy atom. The van der Waals surface area contributed by atoms with Crippen LogP contribution in [0.2, 0.25) is 0 Å². The summed E-state index contributed by atoms with van der Waals surface area (Å²) in [5.74, 6) is -0.696. The molecule has 29 heavy (non-hydrogen) atoms. The number of primary amides is 1. The lowest BCUT2D eigenvalue weighted by atomic mass is 9.91. The van der Waals surface area contributed by atoms with Gasteiger partial charge in [-0.3, -0.25) is 24.4 Å². The summed E-state index contributed by atoms with van der Waals surface area (Å²) in [5.41, 5.74) is 8.39. The normalized spacial score (nSPS) is 18.9. The molecule has 152 valence electrons. The monoisotopic (exact) mass is 398 g/mol. The molecule has 0 spiro atoms. The number of anilines is 2. The van der Waals surface area contributed by atoms with E-state index in [2.05, 4.69) is 10.4 Å². The Kier molecular flexibility index (Phi) is 4.69. The molecule has 3 heterocycles. The number of aryl methyl sites for hydroxylation is 2. The average molecular weight is 398 g/mol. The maximum atomic E-state index is 11.8. The molecule has 1 fully saturated rings. The van der Waals surface area contributed by atoms with Crippen LogP contribution in [0.5, 0.6) is 0 Å². The van der Waals surface area contributed by atoms with Crippen molar-refractivity contribution in [3.8, 4) is 0 Å². The molecule has 1 saturated heterocycles. The Balaban J connectivity index is 1.70. The molecular formula is C19H22N6O4. The van der Waals surface area contributed by atoms with Crippen LogP contribution in [0.4, 0.5) is 17.1 Å². The fourth-order valence-corrected chi connectivity index (χ4v) is 4.22. The number of piperidine rings is 1. The summed E-state index contributed by atoms with van der Waals surface area (Å²) in [6.07, 6.45) is 4.02. The topological polar surface area (TPSA) is 136 Å². The van der Waals surface area contributed by atoms with Gasteiger partial charge in [0.15, 0.2) is 0 Å². The number of nitrogens with zero attached hydrogens (tertiary/aromatic N) is 4. The van der Waals surface area contributed by atoms with Crippen LogP contribution in [0, 0.1) is 10.1 Å². The van der Waals surface area contributed by atoms with Crippen molar-refractivity contribution in [2.75, 3.05) is 23.3 Å². The van der Waals surface area contributed by atoms with E-state index in [0.29, 0.717) is 48.6 Å². The van der Waals surface area contributed by atoms with Crippen molar-refractivity contribution in [3.63, 3.8) is 0 Å². The van der Waals surface area contributed by atoms with Crippen LogP contribution >= 0.6 is 0 Å². The lowest BCUT2D eigenvalue weighted by Gasteiger charge is -2.34. The second kappa shape index (κ2) is 7.19. The largest absolute Gasteiger partial charge is 0.365 e. The van der Waals surface area contributed by atoms with Crippen molar-refractivity contribution in [1.82, 2.24) is 9.78 Å². The minimum atomic E-state index is -0.535. The number of nitro benzene ring substituents is 1. The maximum absolute atomic E-state index is 11.8. The molecule has 2 aromatic rings. The Bertz CT molecular complexity index is 1010. The molecule has 1 aromatic heterocycles. The molecule has 10 nitrogen and oxygen atoms in total. The lowest BCUT2D eigenvalue weighted by Crippen LogP contribution is -2.36. The highest BCUT2D eigenvalue weighted by molar-refractivity contribution is 5.95. The average Bonchev–Trinajstić information content (AvgIpc) is 3.09. The van der Waals surface area contributed by atoms with Crippen LogP contribution in [0.15, 0.2) is 18.3 Å². The molecule has 2 amide bonds. The summed E-state index contributed by atoms with van der Waals surface area (Å²) in [6, 6.07) is 3.25. The van der Waals surface area contributed by atoms with Gasteiger partial charge in [-0.25, -0.2) is 0 Å². The molecular weight excluding hydrogens is 376 g/mol. The second-order valence-corrected chi connectivity index (χ2v) is 7.55. The summed E-state index contributed by atoms with van der Waals surface area (Å²) >= 11 is 0. The van der Waals surface area contributed by atoms with Crippen molar-refractivity contribution in [3.05, 3.63) is 45.3 Å². The van der Waals surface area contributed by atoms with E-state index in [1.54, 1.807) is 30.1 Å². The quantitative estimate of drug-likeness (QED) is 0.594. The highest BCUT2D eigenvalue weighted by Crippen LogP contribution is 2.39. The summed E-state index contributed by atoms with van der Waals surface area (Å²) in [6.45, 7) is 1.12. The SMILES string of the molecule is Cn1cc(C(N)=O)c([C@H]2CCCN(c3cc4c(cc3[N+](=O)[O-])CCC(=O)N4)C2)n1. The third-order valence-corrected chi connectivity index (χ3v) is 5.56. The van der Waals surface area contributed by atoms with Gasteiger partial charge in [0.2, 0.25) is 5.91 Å². The van der Waals surface area contributed by atoms with Crippen LogP contribution in [0.25, 0.3) is 0 Å². The van der Waals surface area contributed by atoms with E-state index in [-0.39, 0.29) is 22.4 Å². The Labute approximate surface area is 166 Å². The van der Waals surface area contributed by atoms with E-state index >= 15 is 0 Å². The van der Waals surface area contributed by atoms with Gasteiger partial charge in [-0.15, -0.1) is 0 Å². The summed E-state index contributed by atoms with van der Waals surface area (Å²) in [7, 11) is 1.73. The fraction of sp³-hybridized carbons (Fsp3) is 0.421. The molecule has 0 unspecified atom stereocenters. The highest BCUT2D eigenvalue weighted by Gasteiger charge is 2.31. The van der Waals surface area contributed by atoms with Gasteiger partial charge in [0.25, 0.3) is 11.6 Å². The number of carbonyl (C=O) groups excluding carboxylic acids is 2. The number of nitro groups is 1. The first-order valence-electron chi connectivity index (χ1n) is 9.53. The zero-order chi connectivity index (χ0) is 20.7. The van der Waals surface area contributed by atoms with E-state index in [9.17, 15) is 19.7 Å². The molecule has 4 rings (SSSR count). The summed E-state index contributed by atoms with van der Waals surface area (Å²) in [5, 5.41) is 19.0. The van der Waals surface area contributed by atoms with Crippen molar-refractivity contribution >= 4 is 28.9 Å². The van der Waals surface area contributed by atoms with Gasteiger partial charge in [-0.2, -0.15) is 5.10 Å². The Hall–Kier alpha value is -3.43. The summed E-state index contributed by atoms with van der Waals surface area (Å²) < 4.78 is 1.56. The number of nitrogens with two attached hydrogens (primary N) is 1.